The molecule has 0 spiro atoms. The van der Waals surface area contributed by atoms with Gasteiger partial charge in [0.25, 0.3) is 0 Å². The molecule has 2 amide bonds. The lowest BCUT2D eigenvalue weighted by Crippen LogP contribution is -2.37. The molecule has 1 aromatic carbocycles. The molecule has 1 aliphatic heterocycles. The van der Waals surface area contributed by atoms with Crippen LogP contribution in [0.15, 0.2) is 35.5 Å². The van der Waals surface area contributed by atoms with Gasteiger partial charge in [0.15, 0.2) is 4.80 Å². The number of hydrogen-bond acceptors (Lipinski definition) is 2. The van der Waals surface area contributed by atoms with E-state index in [-0.39, 0.29) is 18.1 Å². The molecule has 26 heavy (non-hydrogen) atoms. The summed E-state index contributed by atoms with van der Waals surface area (Å²) >= 11 is 1.34. The average molecular weight is 383 g/mol. The summed E-state index contributed by atoms with van der Waals surface area (Å²) in [5.41, 5.74) is -0.167. The van der Waals surface area contributed by atoms with Crippen LogP contribution < -0.4 is 4.80 Å². The van der Waals surface area contributed by atoms with E-state index in [0.717, 1.165) is 29.9 Å². The van der Waals surface area contributed by atoms with Gasteiger partial charge in [-0.15, -0.1) is 11.3 Å². The molecule has 1 aliphatic rings. The minimum absolute atomic E-state index is 0.141. The number of carbonyl (C=O) groups is 1. The standard InChI is InChI=1S/C18H20F3N3OS/c1-11-4-5-12(2)24(11)16(25)22-17-23(10-13(3)26-17)15-8-6-14(7-9-15)18(19,20)21/h6-12H,4-5H2,1-3H3. The maximum absolute atomic E-state index is 12.8. The van der Waals surface area contributed by atoms with Crippen LogP contribution in [0, 0.1) is 6.92 Å². The van der Waals surface area contributed by atoms with Gasteiger partial charge in [-0.1, -0.05) is 0 Å². The number of amides is 2. The SMILES string of the molecule is Cc1cn(-c2ccc(C(F)(F)F)cc2)c(=NC(=O)N2C(C)CCC2C)s1. The van der Waals surface area contributed by atoms with Gasteiger partial charge in [0.2, 0.25) is 0 Å². The van der Waals surface area contributed by atoms with Gasteiger partial charge in [-0.3, -0.25) is 4.57 Å². The highest BCUT2D eigenvalue weighted by Crippen LogP contribution is 2.29. The molecule has 2 atom stereocenters. The van der Waals surface area contributed by atoms with Crippen LogP contribution in [-0.4, -0.2) is 27.6 Å². The van der Waals surface area contributed by atoms with Crippen molar-refractivity contribution in [2.24, 2.45) is 4.99 Å². The van der Waals surface area contributed by atoms with Crippen molar-refractivity contribution in [3.05, 3.63) is 45.7 Å². The number of likely N-dealkylation sites (tertiary alicyclic amines) is 1. The maximum Gasteiger partial charge on any atom is 0.416 e. The molecule has 8 heteroatoms. The summed E-state index contributed by atoms with van der Waals surface area (Å²) in [6, 6.07) is 4.82. The van der Waals surface area contributed by atoms with Crippen LogP contribution in [-0.2, 0) is 6.18 Å². The van der Waals surface area contributed by atoms with Gasteiger partial charge in [-0.05, 0) is 57.9 Å². The first-order chi connectivity index (χ1) is 12.2. The topological polar surface area (TPSA) is 37.6 Å². The number of rotatable bonds is 1. The van der Waals surface area contributed by atoms with Crippen LogP contribution in [0.2, 0.25) is 0 Å². The summed E-state index contributed by atoms with van der Waals surface area (Å²) in [6.07, 6.45) is -0.704. The van der Waals surface area contributed by atoms with Crippen LogP contribution in [0.1, 0.15) is 37.1 Å². The Bertz CT molecular complexity index is 857. The zero-order valence-corrected chi connectivity index (χ0v) is 15.6. The lowest BCUT2D eigenvalue weighted by Gasteiger charge is -2.23. The Morgan fingerprint density at radius 3 is 2.27 bits per heavy atom. The largest absolute Gasteiger partial charge is 0.416 e. The summed E-state index contributed by atoms with van der Waals surface area (Å²) in [5, 5.41) is 0. The maximum atomic E-state index is 12.8. The first-order valence-electron chi connectivity index (χ1n) is 8.40. The van der Waals surface area contributed by atoms with E-state index in [1.54, 1.807) is 15.7 Å². The molecule has 0 radical (unpaired) electrons. The van der Waals surface area contributed by atoms with Crippen LogP contribution >= 0.6 is 11.3 Å². The van der Waals surface area contributed by atoms with Gasteiger partial charge in [0.05, 0.1) is 5.56 Å². The van der Waals surface area contributed by atoms with Gasteiger partial charge in [-0.2, -0.15) is 18.2 Å². The molecule has 4 nitrogen and oxygen atoms in total. The Hall–Kier alpha value is -2.09. The third kappa shape index (κ3) is 3.70. The highest BCUT2D eigenvalue weighted by atomic mass is 32.1. The smallest absolute Gasteiger partial charge is 0.317 e. The zero-order chi connectivity index (χ0) is 19.1. The Morgan fingerprint density at radius 2 is 1.73 bits per heavy atom. The summed E-state index contributed by atoms with van der Waals surface area (Å²) in [7, 11) is 0. The highest BCUT2D eigenvalue weighted by molar-refractivity contribution is 7.09. The molecule has 0 bridgehead atoms. The van der Waals surface area contributed by atoms with E-state index < -0.39 is 11.7 Å². The number of aryl methyl sites for hydroxylation is 1. The Kier molecular flexibility index (Phi) is 4.96. The second-order valence-corrected chi connectivity index (χ2v) is 7.83. The van der Waals surface area contributed by atoms with Crippen molar-refractivity contribution in [3.63, 3.8) is 0 Å². The number of thiazole rings is 1. The van der Waals surface area contributed by atoms with E-state index in [2.05, 4.69) is 4.99 Å². The van der Waals surface area contributed by atoms with Gasteiger partial charge in [0, 0.05) is 28.8 Å². The van der Waals surface area contributed by atoms with Crippen molar-refractivity contribution >= 4 is 17.4 Å². The van der Waals surface area contributed by atoms with Gasteiger partial charge < -0.3 is 4.90 Å². The van der Waals surface area contributed by atoms with Gasteiger partial charge in [0.1, 0.15) is 0 Å². The summed E-state index contributed by atoms with van der Waals surface area (Å²) in [5.74, 6) is 0. The van der Waals surface area contributed by atoms with Crippen molar-refractivity contribution in [1.82, 2.24) is 9.47 Å². The van der Waals surface area contributed by atoms with Gasteiger partial charge in [-0.25, -0.2) is 4.79 Å². The number of benzene rings is 1. The molecule has 0 aliphatic carbocycles. The predicted octanol–water partition coefficient (Wildman–Crippen LogP) is 4.76. The van der Waals surface area contributed by atoms with Crippen LogP contribution in [0.25, 0.3) is 5.69 Å². The normalized spacial score (nSPS) is 21.5. The fourth-order valence-electron chi connectivity index (χ4n) is 3.24. The fraction of sp³-hybridized carbons (Fsp3) is 0.444. The molecule has 2 unspecified atom stereocenters. The van der Waals surface area contributed by atoms with E-state index in [0.29, 0.717) is 10.5 Å². The van der Waals surface area contributed by atoms with Crippen molar-refractivity contribution < 1.29 is 18.0 Å². The van der Waals surface area contributed by atoms with Crippen LogP contribution in [0.4, 0.5) is 18.0 Å². The molecule has 0 N–H and O–H groups in total. The molecule has 1 saturated heterocycles. The number of aromatic nitrogens is 1. The average Bonchev–Trinajstić information content (AvgIpc) is 3.08. The van der Waals surface area contributed by atoms with E-state index in [1.807, 2.05) is 20.8 Å². The number of alkyl halides is 3. The van der Waals surface area contributed by atoms with E-state index >= 15 is 0 Å². The van der Waals surface area contributed by atoms with E-state index in [1.165, 1.54) is 23.5 Å². The van der Waals surface area contributed by atoms with Crippen LogP contribution in [0.5, 0.6) is 0 Å². The number of carbonyl (C=O) groups excluding carboxylic acids is 1. The van der Waals surface area contributed by atoms with E-state index in [9.17, 15) is 18.0 Å². The third-order valence-corrected chi connectivity index (χ3v) is 5.50. The molecule has 1 aromatic heterocycles. The molecule has 2 heterocycles. The molecule has 3 rings (SSSR count). The van der Waals surface area contributed by atoms with Gasteiger partial charge >= 0.3 is 12.2 Å². The summed E-state index contributed by atoms with van der Waals surface area (Å²) < 4.78 is 39.9. The third-order valence-electron chi connectivity index (χ3n) is 4.61. The van der Waals surface area contributed by atoms with Crippen LogP contribution in [0.3, 0.4) is 0 Å². The second-order valence-electron chi connectivity index (χ2n) is 6.62. The molecule has 0 saturated carbocycles. The Morgan fingerprint density at radius 1 is 1.15 bits per heavy atom. The molecular formula is C18H20F3N3OS. The molecule has 140 valence electrons. The van der Waals surface area contributed by atoms with Crippen molar-refractivity contribution in [1.29, 1.82) is 0 Å². The number of hydrogen-bond donors (Lipinski definition) is 0. The molecule has 1 fully saturated rings. The van der Waals surface area contributed by atoms with Crippen molar-refractivity contribution in [2.75, 3.05) is 0 Å². The second kappa shape index (κ2) is 6.90. The number of halogens is 3. The fourth-order valence-corrected chi connectivity index (χ4v) is 4.07. The van der Waals surface area contributed by atoms with E-state index in [4.69, 9.17) is 0 Å². The number of urea groups is 1. The predicted molar refractivity (Wildman–Crippen MR) is 94.3 cm³/mol. The first-order valence-corrected chi connectivity index (χ1v) is 9.22. The lowest BCUT2D eigenvalue weighted by molar-refractivity contribution is -0.137. The minimum Gasteiger partial charge on any atom is -0.317 e. The monoisotopic (exact) mass is 383 g/mol. The highest BCUT2D eigenvalue weighted by Gasteiger charge is 2.31. The quantitative estimate of drug-likeness (QED) is 0.700. The molecular weight excluding hydrogens is 363 g/mol. The summed E-state index contributed by atoms with van der Waals surface area (Å²) in [4.78, 5) is 20.0. The van der Waals surface area contributed by atoms with Crippen molar-refractivity contribution in [3.8, 4) is 5.69 Å². The Balaban J connectivity index is 1.97. The minimum atomic E-state index is -4.38. The Labute approximate surface area is 153 Å². The first kappa shape index (κ1) is 18.7. The number of nitrogens with zero attached hydrogens (tertiary/aromatic N) is 3. The molecule has 2 aromatic rings. The zero-order valence-electron chi connectivity index (χ0n) is 14.7. The van der Waals surface area contributed by atoms with Crippen molar-refractivity contribution in [2.45, 2.75) is 51.9 Å². The summed E-state index contributed by atoms with van der Waals surface area (Å²) in [6.45, 7) is 5.87. The lowest BCUT2D eigenvalue weighted by atomic mass is 10.2.